The van der Waals surface area contributed by atoms with Crippen molar-refractivity contribution in [2.75, 3.05) is 6.61 Å². The Balaban J connectivity index is 2.42. The fraction of sp³-hybridized carbons (Fsp3) is 0.286. The van der Waals surface area contributed by atoms with Gasteiger partial charge in [-0.25, -0.2) is 9.79 Å². The van der Waals surface area contributed by atoms with E-state index in [1.807, 2.05) is 12.1 Å². The Labute approximate surface area is 122 Å². The topological polar surface area (TPSA) is 76.7 Å². The summed E-state index contributed by atoms with van der Waals surface area (Å²) in [6.45, 7) is 3.85. The van der Waals surface area contributed by atoms with Crippen molar-refractivity contribution in [3.63, 3.8) is 0 Å². The van der Waals surface area contributed by atoms with Gasteiger partial charge in [0, 0.05) is 10.7 Å². The Morgan fingerprint density at radius 1 is 1.45 bits per heavy atom. The van der Waals surface area contributed by atoms with Crippen LogP contribution in [0.15, 0.2) is 40.5 Å². The number of carbonyl (C=O) groups is 1. The number of benzene rings is 1. The van der Waals surface area contributed by atoms with E-state index in [9.17, 15) is 4.79 Å². The molecule has 1 aromatic carbocycles. The maximum Gasteiger partial charge on any atom is 0.338 e. The molecule has 2 rings (SSSR count). The number of halogens is 1. The van der Waals surface area contributed by atoms with E-state index < -0.39 is 12.0 Å². The number of nitrogens with zero attached hydrogens (tertiary/aromatic N) is 1. The Hall–Kier alpha value is -2.01. The second-order valence-electron chi connectivity index (χ2n) is 4.35. The first-order valence-corrected chi connectivity index (χ1v) is 6.64. The van der Waals surface area contributed by atoms with Crippen molar-refractivity contribution in [1.29, 1.82) is 0 Å². The van der Waals surface area contributed by atoms with E-state index in [1.54, 1.807) is 26.0 Å². The third-order valence-electron chi connectivity index (χ3n) is 2.94. The van der Waals surface area contributed by atoms with E-state index in [2.05, 4.69) is 10.3 Å². The predicted molar refractivity (Wildman–Crippen MR) is 78.3 cm³/mol. The molecule has 3 N–H and O–H groups in total. The van der Waals surface area contributed by atoms with Crippen molar-refractivity contribution in [3.8, 4) is 0 Å². The van der Waals surface area contributed by atoms with E-state index in [1.165, 1.54) is 0 Å². The van der Waals surface area contributed by atoms with Crippen LogP contribution in [0.5, 0.6) is 0 Å². The Morgan fingerprint density at radius 2 is 2.10 bits per heavy atom. The number of nitrogens with two attached hydrogens (primary N) is 1. The maximum atomic E-state index is 12.1. The molecule has 0 amide bonds. The molecule has 5 nitrogen and oxygen atoms in total. The number of hydrogen-bond acceptors (Lipinski definition) is 5. The van der Waals surface area contributed by atoms with Gasteiger partial charge in [-0.2, -0.15) is 0 Å². The van der Waals surface area contributed by atoms with Crippen LogP contribution in [0, 0.1) is 0 Å². The lowest BCUT2D eigenvalue weighted by Gasteiger charge is -2.24. The average Bonchev–Trinajstić information content (AvgIpc) is 2.38. The van der Waals surface area contributed by atoms with Crippen molar-refractivity contribution in [1.82, 2.24) is 5.32 Å². The molecule has 20 heavy (non-hydrogen) atoms. The van der Waals surface area contributed by atoms with E-state index in [0.29, 0.717) is 22.9 Å². The van der Waals surface area contributed by atoms with Crippen molar-refractivity contribution in [2.24, 2.45) is 10.7 Å². The van der Waals surface area contributed by atoms with E-state index in [4.69, 9.17) is 22.1 Å². The van der Waals surface area contributed by atoms with Crippen LogP contribution in [0.4, 0.5) is 0 Å². The van der Waals surface area contributed by atoms with E-state index in [-0.39, 0.29) is 5.96 Å². The van der Waals surface area contributed by atoms with Gasteiger partial charge >= 0.3 is 5.97 Å². The molecule has 106 valence electrons. The molecular formula is C14H16ClN3O2. The summed E-state index contributed by atoms with van der Waals surface area (Å²) in [6.07, 6.45) is 0. The minimum Gasteiger partial charge on any atom is -0.463 e. The van der Waals surface area contributed by atoms with E-state index in [0.717, 1.165) is 5.56 Å². The Kier molecular flexibility index (Phi) is 4.29. The van der Waals surface area contributed by atoms with Crippen LogP contribution >= 0.6 is 11.6 Å². The fourth-order valence-corrected chi connectivity index (χ4v) is 2.19. The third kappa shape index (κ3) is 2.93. The van der Waals surface area contributed by atoms with Gasteiger partial charge < -0.3 is 15.8 Å². The lowest BCUT2D eigenvalue weighted by molar-refractivity contribution is -0.138. The first-order chi connectivity index (χ1) is 9.52. The van der Waals surface area contributed by atoms with Gasteiger partial charge in [0.05, 0.1) is 12.2 Å². The van der Waals surface area contributed by atoms with Crippen molar-refractivity contribution in [2.45, 2.75) is 19.9 Å². The average molecular weight is 294 g/mol. The molecule has 1 aliphatic rings. The molecule has 1 aromatic rings. The normalized spacial score (nSPS) is 18.4. The summed E-state index contributed by atoms with van der Waals surface area (Å²) < 4.78 is 5.09. The molecule has 1 heterocycles. The highest BCUT2D eigenvalue weighted by Gasteiger charge is 2.29. The molecule has 1 unspecified atom stereocenters. The van der Waals surface area contributed by atoms with Crippen molar-refractivity contribution in [3.05, 3.63) is 46.1 Å². The zero-order chi connectivity index (χ0) is 14.7. The molecule has 0 bridgehead atoms. The molecule has 0 radical (unpaired) electrons. The quantitative estimate of drug-likeness (QED) is 0.837. The predicted octanol–water partition coefficient (Wildman–Crippen LogP) is 2.14. The summed E-state index contributed by atoms with van der Waals surface area (Å²) >= 11 is 5.88. The van der Waals surface area contributed by atoms with Gasteiger partial charge in [-0.3, -0.25) is 0 Å². The summed E-state index contributed by atoms with van der Waals surface area (Å²) in [4.78, 5) is 16.4. The molecular weight excluding hydrogens is 278 g/mol. The zero-order valence-corrected chi connectivity index (χ0v) is 12.1. The molecule has 0 aliphatic carbocycles. The number of guanidine groups is 1. The maximum absolute atomic E-state index is 12.1. The van der Waals surface area contributed by atoms with Crippen LogP contribution in [-0.4, -0.2) is 18.5 Å². The second-order valence-corrected chi connectivity index (χ2v) is 4.79. The van der Waals surface area contributed by atoms with Crippen LogP contribution in [0.2, 0.25) is 5.02 Å². The first kappa shape index (κ1) is 14.4. The monoisotopic (exact) mass is 293 g/mol. The minimum absolute atomic E-state index is 0.274. The van der Waals surface area contributed by atoms with Crippen LogP contribution < -0.4 is 11.1 Å². The van der Waals surface area contributed by atoms with Gasteiger partial charge in [0.15, 0.2) is 5.96 Å². The van der Waals surface area contributed by atoms with Crippen LogP contribution in [0.3, 0.4) is 0 Å². The highest BCUT2D eigenvalue weighted by atomic mass is 35.5. The Bertz CT molecular complexity index is 579. The number of carbonyl (C=O) groups excluding carboxylic acids is 1. The Morgan fingerprint density at radius 3 is 2.70 bits per heavy atom. The molecule has 1 aliphatic heterocycles. The summed E-state index contributed by atoms with van der Waals surface area (Å²) in [5.41, 5.74) is 7.69. The summed E-state index contributed by atoms with van der Waals surface area (Å²) in [7, 11) is 0. The number of esters is 1. The molecule has 0 saturated heterocycles. The fourth-order valence-electron chi connectivity index (χ4n) is 2.06. The van der Waals surface area contributed by atoms with Gasteiger partial charge in [-0.1, -0.05) is 23.7 Å². The van der Waals surface area contributed by atoms with Crippen LogP contribution in [-0.2, 0) is 9.53 Å². The van der Waals surface area contributed by atoms with Gasteiger partial charge in [0.1, 0.15) is 6.04 Å². The molecule has 6 heteroatoms. The third-order valence-corrected chi connectivity index (χ3v) is 3.19. The lowest BCUT2D eigenvalue weighted by Crippen LogP contribution is -2.37. The van der Waals surface area contributed by atoms with E-state index >= 15 is 0 Å². The SMILES string of the molecule is CCOC(=O)C1=C(C)NC(N)=NC1c1ccc(Cl)cc1. The highest BCUT2D eigenvalue weighted by Crippen LogP contribution is 2.31. The standard InChI is InChI=1S/C14H16ClN3O2/c1-3-20-13(19)11-8(2)17-14(16)18-12(11)9-4-6-10(15)7-5-9/h4-7,12H,3H2,1-2H3,(H3,16,17,18). The smallest absolute Gasteiger partial charge is 0.338 e. The number of hydrogen-bond donors (Lipinski definition) is 2. The van der Waals surface area contributed by atoms with Crippen LogP contribution in [0.1, 0.15) is 25.5 Å². The highest BCUT2D eigenvalue weighted by molar-refractivity contribution is 6.30. The van der Waals surface area contributed by atoms with Gasteiger partial charge in [-0.05, 0) is 31.5 Å². The van der Waals surface area contributed by atoms with Crippen molar-refractivity contribution >= 4 is 23.5 Å². The number of nitrogens with one attached hydrogen (secondary N) is 1. The molecule has 0 aromatic heterocycles. The number of ether oxygens (including phenoxy) is 1. The minimum atomic E-state index is -0.479. The number of allylic oxidation sites excluding steroid dienone is 1. The molecule has 0 fully saturated rings. The van der Waals surface area contributed by atoms with Gasteiger partial charge in [0.25, 0.3) is 0 Å². The first-order valence-electron chi connectivity index (χ1n) is 6.26. The van der Waals surface area contributed by atoms with Gasteiger partial charge in [0.2, 0.25) is 0 Å². The second kappa shape index (κ2) is 5.96. The number of aliphatic imine (C=N–C) groups is 1. The molecule has 1 atom stereocenters. The molecule has 0 spiro atoms. The van der Waals surface area contributed by atoms with Crippen molar-refractivity contribution < 1.29 is 9.53 Å². The van der Waals surface area contributed by atoms with Crippen LogP contribution in [0.25, 0.3) is 0 Å². The zero-order valence-electron chi connectivity index (χ0n) is 11.3. The number of rotatable bonds is 3. The summed E-state index contributed by atoms with van der Waals surface area (Å²) in [6, 6.07) is 6.67. The lowest BCUT2D eigenvalue weighted by atomic mass is 9.96. The largest absolute Gasteiger partial charge is 0.463 e. The summed E-state index contributed by atoms with van der Waals surface area (Å²) in [5.74, 6) is -0.121. The molecule has 0 saturated carbocycles. The summed E-state index contributed by atoms with van der Waals surface area (Å²) in [5, 5.41) is 3.48. The van der Waals surface area contributed by atoms with Gasteiger partial charge in [-0.15, -0.1) is 0 Å².